The molecule has 1 aliphatic heterocycles. The third kappa shape index (κ3) is 5.91. The Balaban J connectivity index is 1.79. The fourth-order valence-electron chi connectivity index (χ4n) is 3.47. The number of methoxy groups -OCH3 is 1. The molecule has 33 heavy (non-hydrogen) atoms. The fraction of sp³-hybridized carbons (Fsp3) is 0.522. The van der Waals surface area contributed by atoms with E-state index < -0.39 is 42.8 Å². The van der Waals surface area contributed by atoms with Crippen molar-refractivity contribution in [1.82, 2.24) is 5.32 Å². The highest BCUT2D eigenvalue weighted by Gasteiger charge is 2.48. The summed E-state index contributed by atoms with van der Waals surface area (Å²) in [4.78, 5) is 11.9. The zero-order valence-electron chi connectivity index (χ0n) is 18.7. The summed E-state index contributed by atoms with van der Waals surface area (Å²) in [5.74, 6) is -0.0769. The van der Waals surface area contributed by atoms with Crippen LogP contribution in [-0.4, -0.2) is 89.5 Å². The molecule has 6 atom stereocenters. The van der Waals surface area contributed by atoms with Gasteiger partial charge in [-0.25, -0.2) is 4.79 Å². The number of hydrogen-bond acceptors (Lipinski definition) is 10. The molecule has 0 bridgehead atoms. The molecule has 1 aliphatic rings. The first-order chi connectivity index (χ1) is 15.7. The SMILES string of the molecule is COC(=O)C1OC(Oc2ccc(OCC(O)CNC(C)C)c3ccccc23)C(O)C(O)C1O. The number of nitrogens with one attached hydrogen (secondary N) is 1. The lowest BCUT2D eigenvalue weighted by Crippen LogP contribution is -2.61. The lowest BCUT2D eigenvalue weighted by Gasteiger charge is -2.39. The summed E-state index contributed by atoms with van der Waals surface area (Å²) >= 11 is 0. The number of ether oxygens (including phenoxy) is 4. The molecule has 5 N–H and O–H groups in total. The maximum atomic E-state index is 11.9. The van der Waals surface area contributed by atoms with Crippen LogP contribution in [0.4, 0.5) is 0 Å². The summed E-state index contributed by atoms with van der Waals surface area (Å²) in [5.41, 5.74) is 0. The molecule has 0 aromatic heterocycles. The number of hydrogen-bond donors (Lipinski definition) is 5. The zero-order chi connectivity index (χ0) is 24.1. The molecule has 10 heteroatoms. The lowest BCUT2D eigenvalue weighted by atomic mass is 9.99. The minimum atomic E-state index is -1.68. The second-order valence-corrected chi connectivity index (χ2v) is 8.17. The quantitative estimate of drug-likeness (QED) is 0.319. The predicted molar refractivity (Wildman–Crippen MR) is 118 cm³/mol. The van der Waals surface area contributed by atoms with Gasteiger partial charge in [0, 0.05) is 23.4 Å². The van der Waals surface area contributed by atoms with Gasteiger partial charge in [0.1, 0.15) is 42.5 Å². The Labute approximate surface area is 191 Å². The van der Waals surface area contributed by atoms with Gasteiger partial charge in [-0.2, -0.15) is 0 Å². The Kier molecular flexibility index (Phi) is 8.46. The molecule has 0 amide bonds. The maximum Gasteiger partial charge on any atom is 0.337 e. The van der Waals surface area contributed by atoms with Crippen molar-refractivity contribution in [3.05, 3.63) is 36.4 Å². The zero-order valence-corrected chi connectivity index (χ0v) is 18.7. The second kappa shape index (κ2) is 11.1. The third-order valence-corrected chi connectivity index (χ3v) is 5.28. The first-order valence-electron chi connectivity index (χ1n) is 10.7. The van der Waals surface area contributed by atoms with E-state index in [1.165, 1.54) is 0 Å². The van der Waals surface area contributed by atoms with Crippen LogP contribution in [0.5, 0.6) is 11.5 Å². The molecular formula is C23H31NO9. The highest BCUT2D eigenvalue weighted by Crippen LogP contribution is 2.35. The van der Waals surface area contributed by atoms with E-state index in [1.54, 1.807) is 24.3 Å². The number of aliphatic hydroxyl groups is 4. The van der Waals surface area contributed by atoms with E-state index in [2.05, 4.69) is 10.1 Å². The third-order valence-electron chi connectivity index (χ3n) is 5.28. The summed E-state index contributed by atoms with van der Waals surface area (Å²) in [5, 5.41) is 45.1. The van der Waals surface area contributed by atoms with Crippen LogP contribution in [-0.2, 0) is 14.3 Å². The van der Waals surface area contributed by atoms with Crippen molar-refractivity contribution in [1.29, 1.82) is 0 Å². The number of esters is 1. The van der Waals surface area contributed by atoms with Crippen molar-refractivity contribution >= 4 is 16.7 Å². The highest BCUT2D eigenvalue weighted by atomic mass is 16.7. The summed E-state index contributed by atoms with van der Waals surface area (Å²) in [6, 6.07) is 10.7. The number of benzene rings is 2. The van der Waals surface area contributed by atoms with Gasteiger partial charge in [-0.15, -0.1) is 0 Å². The van der Waals surface area contributed by atoms with E-state index in [1.807, 2.05) is 26.0 Å². The van der Waals surface area contributed by atoms with E-state index in [0.717, 1.165) is 7.11 Å². The van der Waals surface area contributed by atoms with Gasteiger partial charge in [-0.3, -0.25) is 0 Å². The van der Waals surface area contributed by atoms with E-state index in [4.69, 9.17) is 14.2 Å². The van der Waals surface area contributed by atoms with Gasteiger partial charge >= 0.3 is 5.97 Å². The van der Waals surface area contributed by atoms with Gasteiger partial charge in [0.2, 0.25) is 6.29 Å². The number of rotatable bonds is 9. The van der Waals surface area contributed by atoms with Crippen LogP contribution in [0.1, 0.15) is 13.8 Å². The molecule has 2 aromatic rings. The monoisotopic (exact) mass is 465 g/mol. The van der Waals surface area contributed by atoms with Crippen molar-refractivity contribution in [2.45, 2.75) is 56.7 Å². The lowest BCUT2D eigenvalue weighted by molar-refractivity contribution is -0.271. The van der Waals surface area contributed by atoms with Gasteiger partial charge in [-0.1, -0.05) is 38.1 Å². The van der Waals surface area contributed by atoms with Gasteiger partial charge in [0.15, 0.2) is 6.10 Å². The van der Waals surface area contributed by atoms with Crippen molar-refractivity contribution in [3.8, 4) is 11.5 Å². The summed E-state index contributed by atoms with van der Waals surface area (Å²) < 4.78 is 21.6. The van der Waals surface area contributed by atoms with Crippen LogP contribution < -0.4 is 14.8 Å². The van der Waals surface area contributed by atoms with Gasteiger partial charge in [0.25, 0.3) is 0 Å². The van der Waals surface area contributed by atoms with Gasteiger partial charge in [0.05, 0.1) is 7.11 Å². The highest BCUT2D eigenvalue weighted by molar-refractivity contribution is 5.93. The van der Waals surface area contributed by atoms with Crippen LogP contribution in [0, 0.1) is 0 Å². The number of carbonyl (C=O) groups is 1. The maximum absolute atomic E-state index is 11.9. The van der Waals surface area contributed by atoms with Gasteiger partial charge in [-0.05, 0) is 12.1 Å². The van der Waals surface area contributed by atoms with E-state index in [9.17, 15) is 25.2 Å². The standard InChI is InChI=1S/C23H31NO9/c1-12(2)24-10-13(25)11-31-16-8-9-17(15-7-5-4-6-14(15)16)32-23-20(28)18(26)19(27)21(33-23)22(29)30-3/h4-9,12-13,18-21,23-28H,10-11H2,1-3H3. The summed E-state index contributed by atoms with van der Waals surface area (Å²) in [6.45, 7) is 4.45. The Morgan fingerprint density at radius 2 is 1.67 bits per heavy atom. The number of aliphatic hydroxyl groups excluding tert-OH is 4. The number of fused-ring (bicyclic) bond motifs is 1. The molecule has 0 saturated carbocycles. The Morgan fingerprint density at radius 1 is 1.03 bits per heavy atom. The predicted octanol–water partition coefficient (Wildman–Crippen LogP) is -0.0631. The average Bonchev–Trinajstić information content (AvgIpc) is 2.81. The van der Waals surface area contributed by atoms with Crippen LogP contribution in [0.2, 0.25) is 0 Å². The molecule has 10 nitrogen and oxygen atoms in total. The molecule has 1 fully saturated rings. The summed E-state index contributed by atoms with van der Waals surface area (Å²) in [6.07, 6.45) is -8.62. The second-order valence-electron chi connectivity index (χ2n) is 8.17. The fourth-order valence-corrected chi connectivity index (χ4v) is 3.47. The smallest absolute Gasteiger partial charge is 0.337 e. The Bertz CT molecular complexity index is 937. The minimum absolute atomic E-state index is 0.0826. The molecular weight excluding hydrogens is 434 g/mol. The molecule has 1 heterocycles. The van der Waals surface area contributed by atoms with Crippen LogP contribution in [0.15, 0.2) is 36.4 Å². The molecule has 0 spiro atoms. The first kappa shape index (κ1) is 25.2. The van der Waals surface area contributed by atoms with Crippen LogP contribution in [0.3, 0.4) is 0 Å². The summed E-state index contributed by atoms with van der Waals surface area (Å²) in [7, 11) is 1.12. The van der Waals surface area contributed by atoms with E-state index in [-0.39, 0.29) is 12.6 Å². The topological polar surface area (TPSA) is 147 Å². The van der Waals surface area contributed by atoms with Crippen molar-refractivity contribution in [3.63, 3.8) is 0 Å². The molecule has 2 aromatic carbocycles. The molecule has 0 aliphatic carbocycles. The normalized spacial score (nSPS) is 26.2. The van der Waals surface area contributed by atoms with Crippen LogP contribution >= 0.6 is 0 Å². The van der Waals surface area contributed by atoms with Gasteiger partial charge < -0.3 is 44.7 Å². The van der Waals surface area contributed by atoms with E-state index >= 15 is 0 Å². The van der Waals surface area contributed by atoms with E-state index in [0.29, 0.717) is 28.8 Å². The molecule has 0 radical (unpaired) electrons. The molecule has 6 unspecified atom stereocenters. The minimum Gasteiger partial charge on any atom is -0.490 e. The first-order valence-corrected chi connectivity index (χ1v) is 10.7. The molecule has 3 rings (SSSR count). The Hall–Kier alpha value is -2.47. The van der Waals surface area contributed by atoms with Crippen molar-refractivity contribution in [2.75, 3.05) is 20.3 Å². The Morgan fingerprint density at radius 3 is 2.30 bits per heavy atom. The molecule has 182 valence electrons. The largest absolute Gasteiger partial charge is 0.490 e. The van der Waals surface area contributed by atoms with Crippen LogP contribution in [0.25, 0.3) is 10.8 Å². The van der Waals surface area contributed by atoms with Crippen molar-refractivity contribution in [2.24, 2.45) is 0 Å². The molecule has 1 saturated heterocycles. The number of carbonyl (C=O) groups excluding carboxylic acids is 1. The average molecular weight is 465 g/mol. The van der Waals surface area contributed by atoms with Crippen molar-refractivity contribution < 1.29 is 44.2 Å².